The van der Waals surface area contributed by atoms with E-state index in [1.165, 1.54) is 36.3 Å². The summed E-state index contributed by atoms with van der Waals surface area (Å²) in [5.41, 5.74) is 1.44. The van der Waals surface area contributed by atoms with Gasteiger partial charge in [0, 0.05) is 30.1 Å². The molecule has 0 spiro atoms. The molecule has 31 heavy (non-hydrogen) atoms. The van der Waals surface area contributed by atoms with Crippen LogP contribution in [-0.4, -0.2) is 33.8 Å². The van der Waals surface area contributed by atoms with Gasteiger partial charge >= 0.3 is 0 Å². The molecule has 0 aliphatic carbocycles. The van der Waals surface area contributed by atoms with Crippen LogP contribution in [0.2, 0.25) is 0 Å². The molecule has 1 saturated heterocycles. The molecule has 1 aliphatic rings. The number of Topliss-reactive ketones (excluding diaryl/α,β-unsaturated/α-hetero) is 1. The lowest BCUT2D eigenvalue weighted by atomic mass is 9.94. The second kappa shape index (κ2) is 8.39. The summed E-state index contributed by atoms with van der Waals surface area (Å²) in [5.74, 6) is -1.95. The van der Waals surface area contributed by atoms with Crippen molar-refractivity contribution in [3.63, 3.8) is 0 Å². The van der Waals surface area contributed by atoms with Crippen molar-refractivity contribution in [2.75, 3.05) is 7.11 Å². The van der Waals surface area contributed by atoms with Gasteiger partial charge in [-0.1, -0.05) is 24.3 Å². The van der Waals surface area contributed by atoms with E-state index < -0.39 is 23.5 Å². The number of nitrogens with zero attached hydrogens (tertiary/aromatic N) is 2. The van der Waals surface area contributed by atoms with Crippen molar-refractivity contribution in [2.45, 2.75) is 12.6 Å². The molecule has 1 amide bonds. The quantitative estimate of drug-likeness (QED) is 0.387. The number of methoxy groups -OCH3 is 1. The highest BCUT2D eigenvalue weighted by atomic mass is 19.1. The van der Waals surface area contributed by atoms with Gasteiger partial charge in [0.2, 0.25) is 0 Å². The summed E-state index contributed by atoms with van der Waals surface area (Å²) in [7, 11) is 1.49. The number of hydrogen-bond acceptors (Lipinski definition) is 5. The lowest BCUT2D eigenvalue weighted by molar-refractivity contribution is -0.140. The number of likely N-dealkylation sites (tertiary alicyclic amines) is 1. The van der Waals surface area contributed by atoms with Crippen LogP contribution in [0, 0.1) is 5.82 Å². The molecule has 156 valence electrons. The minimum Gasteiger partial charge on any atom is -0.507 e. The van der Waals surface area contributed by atoms with Crippen LogP contribution in [0.3, 0.4) is 0 Å². The standard InChI is InChI=1S/C24H19FN2O4/c1-31-19-7-3-2-6-18(19)21-20(22(28)16-8-10-17(25)11-9-16)23(29)24(30)27(21)14-15-5-4-12-26-13-15/h2-13,21,28H,14H2,1H3. The maximum atomic E-state index is 13.4. The molecule has 2 aromatic carbocycles. The third-order valence-electron chi connectivity index (χ3n) is 5.17. The number of aliphatic hydroxyl groups excluding tert-OH is 1. The number of para-hydroxylation sites is 1. The Hall–Kier alpha value is -4.00. The number of pyridine rings is 1. The zero-order valence-corrected chi connectivity index (χ0v) is 16.7. The first-order valence-electron chi connectivity index (χ1n) is 9.57. The summed E-state index contributed by atoms with van der Waals surface area (Å²) in [5, 5.41) is 11.0. The molecular weight excluding hydrogens is 399 g/mol. The average molecular weight is 418 g/mol. The van der Waals surface area contributed by atoms with Gasteiger partial charge in [-0.15, -0.1) is 0 Å². The highest BCUT2D eigenvalue weighted by Gasteiger charge is 2.47. The number of aromatic nitrogens is 1. The van der Waals surface area contributed by atoms with E-state index in [1.54, 1.807) is 48.8 Å². The highest BCUT2D eigenvalue weighted by molar-refractivity contribution is 6.46. The Morgan fingerprint density at radius 1 is 1.10 bits per heavy atom. The molecule has 0 radical (unpaired) electrons. The third-order valence-corrected chi connectivity index (χ3v) is 5.17. The number of ketones is 1. The first kappa shape index (κ1) is 20.3. The molecule has 0 saturated carbocycles. The van der Waals surface area contributed by atoms with E-state index in [1.807, 2.05) is 0 Å². The number of carbonyl (C=O) groups is 2. The summed E-state index contributed by atoms with van der Waals surface area (Å²) in [6, 6.07) is 14.7. The van der Waals surface area contributed by atoms with Gasteiger partial charge in [-0.3, -0.25) is 14.6 Å². The van der Waals surface area contributed by atoms with Crippen molar-refractivity contribution in [3.8, 4) is 5.75 Å². The van der Waals surface area contributed by atoms with E-state index in [9.17, 15) is 19.1 Å². The Morgan fingerprint density at radius 3 is 2.52 bits per heavy atom. The smallest absolute Gasteiger partial charge is 0.295 e. The molecule has 3 aromatic rings. The third kappa shape index (κ3) is 3.77. The van der Waals surface area contributed by atoms with E-state index in [4.69, 9.17) is 4.74 Å². The SMILES string of the molecule is COc1ccccc1C1C(=C(O)c2ccc(F)cc2)C(=O)C(=O)N1Cc1cccnc1. The van der Waals surface area contributed by atoms with E-state index in [0.717, 1.165) is 5.56 Å². The molecule has 2 heterocycles. The number of rotatable bonds is 5. The van der Waals surface area contributed by atoms with Gasteiger partial charge in [-0.05, 0) is 42.0 Å². The monoisotopic (exact) mass is 418 g/mol. The molecule has 6 nitrogen and oxygen atoms in total. The molecular formula is C24H19FN2O4. The Balaban J connectivity index is 1.90. The normalized spacial score (nSPS) is 17.7. The maximum absolute atomic E-state index is 13.4. The lowest BCUT2D eigenvalue weighted by Crippen LogP contribution is -2.29. The fourth-order valence-electron chi connectivity index (χ4n) is 3.71. The molecule has 1 aliphatic heterocycles. The predicted molar refractivity (Wildman–Crippen MR) is 111 cm³/mol. The fourth-order valence-corrected chi connectivity index (χ4v) is 3.71. The molecule has 1 fully saturated rings. The Morgan fingerprint density at radius 2 is 1.84 bits per heavy atom. The minimum atomic E-state index is -0.888. The number of benzene rings is 2. The van der Waals surface area contributed by atoms with Gasteiger partial charge in [0.05, 0.1) is 18.7 Å². The summed E-state index contributed by atoms with van der Waals surface area (Å²) in [6.45, 7) is 0.112. The lowest BCUT2D eigenvalue weighted by Gasteiger charge is -2.26. The van der Waals surface area contributed by atoms with Crippen molar-refractivity contribution < 1.29 is 23.8 Å². The summed E-state index contributed by atoms with van der Waals surface area (Å²) >= 11 is 0. The summed E-state index contributed by atoms with van der Waals surface area (Å²) in [6.07, 6.45) is 3.22. The number of hydrogen-bond donors (Lipinski definition) is 1. The molecule has 7 heteroatoms. The number of amides is 1. The first-order chi connectivity index (χ1) is 15.0. The second-order valence-corrected chi connectivity index (χ2v) is 7.04. The van der Waals surface area contributed by atoms with Crippen molar-refractivity contribution in [1.29, 1.82) is 0 Å². The first-order valence-corrected chi connectivity index (χ1v) is 9.57. The van der Waals surface area contributed by atoms with Gasteiger partial charge in [0.25, 0.3) is 11.7 Å². The summed E-state index contributed by atoms with van der Waals surface area (Å²) < 4.78 is 18.8. The van der Waals surface area contributed by atoms with Crippen LogP contribution in [0.5, 0.6) is 5.75 Å². The molecule has 1 N–H and O–H groups in total. The molecule has 4 rings (SSSR count). The topological polar surface area (TPSA) is 79.7 Å². The number of ether oxygens (including phenoxy) is 1. The van der Waals surface area contributed by atoms with Crippen LogP contribution in [0.25, 0.3) is 5.76 Å². The van der Waals surface area contributed by atoms with Crippen LogP contribution in [0.1, 0.15) is 22.7 Å². The molecule has 1 atom stereocenters. The van der Waals surface area contributed by atoms with Gasteiger partial charge in [-0.2, -0.15) is 0 Å². The largest absolute Gasteiger partial charge is 0.507 e. The van der Waals surface area contributed by atoms with E-state index in [-0.39, 0.29) is 23.4 Å². The Labute approximate surface area is 178 Å². The zero-order valence-electron chi connectivity index (χ0n) is 16.7. The van der Waals surface area contributed by atoms with Crippen LogP contribution in [-0.2, 0) is 16.1 Å². The minimum absolute atomic E-state index is 0.0787. The fraction of sp³-hybridized carbons (Fsp3) is 0.125. The second-order valence-electron chi connectivity index (χ2n) is 7.04. The van der Waals surface area contributed by atoms with Crippen LogP contribution in [0.15, 0.2) is 78.6 Å². The number of aliphatic hydroxyl groups is 1. The Kier molecular flexibility index (Phi) is 5.49. The highest BCUT2D eigenvalue weighted by Crippen LogP contribution is 2.43. The predicted octanol–water partition coefficient (Wildman–Crippen LogP) is 3.85. The Bertz CT molecular complexity index is 1160. The van der Waals surface area contributed by atoms with Crippen LogP contribution >= 0.6 is 0 Å². The van der Waals surface area contributed by atoms with Gasteiger partial charge in [0.15, 0.2) is 0 Å². The van der Waals surface area contributed by atoms with Crippen molar-refractivity contribution >= 4 is 17.4 Å². The molecule has 0 bridgehead atoms. The van der Waals surface area contributed by atoms with Gasteiger partial charge in [-0.25, -0.2) is 4.39 Å². The average Bonchev–Trinajstić information content (AvgIpc) is 3.04. The maximum Gasteiger partial charge on any atom is 0.295 e. The molecule has 1 aromatic heterocycles. The zero-order chi connectivity index (χ0) is 22.0. The number of halogens is 1. The van der Waals surface area contributed by atoms with Crippen molar-refractivity contribution in [2.24, 2.45) is 0 Å². The number of carbonyl (C=O) groups excluding carboxylic acids is 2. The van der Waals surface area contributed by atoms with E-state index >= 15 is 0 Å². The van der Waals surface area contributed by atoms with Crippen LogP contribution in [0.4, 0.5) is 4.39 Å². The van der Waals surface area contributed by atoms with Crippen LogP contribution < -0.4 is 4.74 Å². The van der Waals surface area contributed by atoms with Crippen molar-refractivity contribution in [3.05, 3.63) is 101 Å². The van der Waals surface area contributed by atoms with E-state index in [2.05, 4.69) is 4.98 Å². The van der Waals surface area contributed by atoms with E-state index in [0.29, 0.717) is 11.3 Å². The summed E-state index contributed by atoms with van der Waals surface area (Å²) in [4.78, 5) is 31.5. The van der Waals surface area contributed by atoms with Gasteiger partial charge < -0.3 is 14.7 Å². The van der Waals surface area contributed by atoms with Gasteiger partial charge in [0.1, 0.15) is 17.3 Å². The van der Waals surface area contributed by atoms with Crippen molar-refractivity contribution in [1.82, 2.24) is 9.88 Å². The molecule has 1 unspecified atom stereocenters.